The molecule has 2 heterocycles. The van der Waals surface area contributed by atoms with Gasteiger partial charge in [0.2, 0.25) is 0 Å². The standard InChI is InChI=1S/C19H17ClN4O2/c1-12(13-3-2-4-15(9-13)24-7-8-26-19(24)25)23-18-16-6-5-14(20)10-17(16)21-11-22-18/h2-6,9-12H,7-8H2,1H3,(H,21,22,23). The third-order valence-electron chi connectivity index (χ3n) is 4.39. The average molecular weight is 369 g/mol. The maximum Gasteiger partial charge on any atom is 0.414 e. The predicted molar refractivity (Wildman–Crippen MR) is 102 cm³/mol. The van der Waals surface area contributed by atoms with Crippen LogP contribution in [0.15, 0.2) is 48.8 Å². The largest absolute Gasteiger partial charge is 0.447 e. The van der Waals surface area contributed by atoms with Gasteiger partial charge in [-0.3, -0.25) is 4.90 Å². The molecule has 0 bridgehead atoms. The lowest BCUT2D eigenvalue weighted by Crippen LogP contribution is -2.23. The fraction of sp³-hybridized carbons (Fsp3) is 0.211. The molecular formula is C19H17ClN4O2. The molecule has 26 heavy (non-hydrogen) atoms. The number of hydrogen-bond acceptors (Lipinski definition) is 5. The van der Waals surface area contributed by atoms with Crippen molar-refractivity contribution in [2.45, 2.75) is 13.0 Å². The molecule has 1 atom stereocenters. The zero-order valence-corrected chi connectivity index (χ0v) is 14.9. The number of anilines is 2. The second kappa shape index (κ2) is 6.80. The lowest BCUT2D eigenvalue weighted by atomic mass is 10.1. The first-order valence-electron chi connectivity index (χ1n) is 8.33. The van der Waals surface area contributed by atoms with Gasteiger partial charge in [0.25, 0.3) is 0 Å². The van der Waals surface area contributed by atoms with E-state index in [0.717, 1.165) is 28.0 Å². The number of rotatable bonds is 4. The number of aromatic nitrogens is 2. The van der Waals surface area contributed by atoms with Crippen LogP contribution >= 0.6 is 11.6 Å². The first kappa shape index (κ1) is 16.6. The number of ether oxygens (including phenoxy) is 1. The summed E-state index contributed by atoms with van der Waals surface area (Å²) in [6.45, 7) is 3.04. The molecule has 1 N–H and O–H groups in total. The summed E-state index contributed by atoms with van der Waals surface area (Å²) in [7, 11) is 0. The van der Waals surface area contributed by atoms with Crippen molar-refractivity contribution in [1.82, 2.24) is 9.97 Å². The Morgan fingerprint density at radius 3 is 2.92 bits per heavy atom. The highest BCUT2D eigenvalue weighted by Crippen LogP contribution is 2.28. The fourth-order valence-electron chi connectivity index (χ4n) is 3.02. The molecule has 0 spiro atoms. The number of benzene rings is 2. The van der Waals surface area contributed by atoms with E-state index >= 15 is 0 Å². The molecular weight excluding hydrogens is 352 g/mol. The molecule has 7 heteroatoms. The molecule has 1 saturated heterocycles. The van der Waals surface area contributed by atoms with Gasteiger partial charge in [-0.15, -0.1) is 0 Å². The summed E-state index contributed by atoms with van der Waals surface area (Å²) in [4.78, 5) is 22.0. The molecule has 1 unspecified atom stereocenters. The second-order valence-corrected chi connectivity index (χ2v) is 6.55. The summed E-state index contributed by atoms with van der Waals surface area (Å²) in [5.41, 5.74) is 2.66. The van der Waals surface area contributed by atoms with E-state index < -0.39 is 0 Å². The third-order valence-corrected chi connectivity index (χ3v) is 4.63. The van der Waals surface area contributed by atoms with Gasteiger partial charge >= 0.3 is 6.09 Å². The van der Waals surface area contributed by atoms with Crippen LogP contribution in [0.4, 0.5) is 16.3 Å². The van der Waals surface area contributed by atoms with Crippen LogP contribution in [0.5, 0.6) is 0 Å². The van der Waals surface area contributed by atoms with Gasteiger partial charge in [0.05, 0.1) is 18.1 Å². The topological polar surface area (TPSA) is 67.3 Å². The molecule has 4 rings (SSSR count). The number of carbonyl (C=O) groups excluding carboxylic acids is 1. The van der Waals surface area contributed by atoms with E-state index in [4.69, 9.17) is 16.3 Å². The average Bonchev–Trinajstić information content (AvgIpc) is 3.08. The summed E-state index contributed by atoms with van der Waals surface area (Å²) < 4.78 is 5.02. The molecule has 1 amide bonds. The number of fused-ring (bicyclic) bond motifs is 1. The van der Waals surface area contributed by atoms with E-state index in [1.165, 1.54) is 6.33 Å². The summed E-state index contributed by atoms with van der Waals surface area (Å²) in [5, 5.41) is 4.97. The Kier molecular flexibility index (Phi) is 4.34. The Morgan fingerprint density at radius 2 is 2.12 bits per heavy atom. The minimum Gasteiger partial charge on any atom is -0.447 e. The van der Waals surface area contributed by atoms with Crippen molar-refractivity contribution < 1.29 is 9.53 Å². The summed E-state index contributed by atoms with van der Waals surface area (Å²) in [6.07, 6.45) is 1.21. The fourth-order valence-corrected chi connectivity index (χ4v) is 3.19. The first-order valence-corrected chi connectivity index (χ1v) is 8.71. The molecule has 1 aromatic heterocycles. The zero-order valence-electron chi connectivity index (χ0n) is 14.1. The highest BCUT2D eigenvalue weighted by molar-refractivity contribution is 6.31. The van der Waals surface area contributed by atoms with E-state index in [9.17, 15) is 4.79 Å². The smallest absolute Gasteiger partial charge is 0.414 e. The molecule has 3 aromatic rings. The number of amides is 1. The molecule has 0 radical (unpaired) electrons. The Bertz CT molecular complexity index is 979. The van der Waals surface area contributed by atoms with Crippen molar-refractivity contribution in [2.75, 3.05) is 23.4 Å². The van der Waals surface area contributed by atoms with Crippen molar-refractivity contribution in [3.8, 4) is 0 Å². The molecule has 0 saturated carbocycles. The van der Waals surface area contributed by atoms with E-state index in [-0.39, 0.29) is 12.1 Å². The number of cyclic esters (lactones) is 1. The van der Waals surface area contributed by atoms with Gasteiger partial charge in [0.15, 0.2) is 0 Å². The first-order chi connectivity index (χ1) is 12.6. The van der Waals surface area contributed by atoms with Gasteiger partial charge in [-0.25, -0.2) is 14.8 Å². The second-order valence-electron chi connectivity index (χ2n) is 6.11. The van der Waals surface area contributed by atoms with Crippen molar-refractivity contribution >= 4 is 40.1 Å². The van der Waals surface area contributed by atoms with Crippen molar-refractivity contribution in [3.05, 3.63) is 59.4 Å². The lowest BCUT2D eigenvalue weighted by molar-refractivity contribution is 0.181. The third kappa shape index (κ3) is 3.15. The molecule has 1 fully saturated rings. The SMILES string of the molecule is CC(Nc1ncnc2cc(Cl)ccc12)c1cccc(N2CCOC2=O)c1. The van der Waals surface area contributed by atoms with Crippen molar-refractivity contribution in [2.24, 2.45) is 0 Å². The van der Waals surface area contributed by atoms with E-state index in [0.29, 0.717) is 18.2 Å². The highest BCUT2D eigenvalue weighted by Gasteiger charge is 2.24. The van der Waals surface area contributed by atoms with Gasteiger partial charge in [-0.1, -0.05) is 23.7 Å². The maximum absolute atomic E-state index is 11.8. The van der Waals surface area contributed by atoms with Crippen LogP contribution in [0.3, 0.4) is 0 Å². The van der Waals surface area contributed by atoms with Crippen LogP contribution in [0.2, 0.25) is 5.02 Å². The Morgan fingerprint density at radius 1 is 1.23 bits per heavy atom. The van der Waals surface area contributed by atoms with E-state index in [1.807, 2.05) is 49.4 Å². The van der Waals surface area contributed by atoms with Crippen LogP contribution < -0.4 is 10.2 Å². The van der Waals surface area contributed by atoms with Gasteiger partial charge < -0.3 is 10.1 Å². The maximum atomic E-state index is 11.8. The quantitative estimate of drug-likeness (QED) is 0.738. The number of carbonyl (C=O) groups is 1. The lowest BCUT2D eigenvalue weighted by Gasteiger charge is -2.19. The summed E-state index contributed by atoms with van der Waals surface area (Å²) in [6, 6.07) is 13.4. The molecule has 2 aromatic carbocycles. The van der Waals surface area contributed by atoms with Gasteiger partial charge in [-0.2, -0.15) is 0 Å². The van der Waals surface area contributed by atoms with Crippen LogP contribution in [-0.2, 0) is 4.74 Å². The predicted octanol–water partition coefficient (Wildman–Crippen LogP) is 4.41. The van der Waals surface area contributed by atoms with Crippen LogP contribution in [0.1, 0.15) is 18.5 Å². The molecule has 0 aliphatic carbocycles. The van der Waals surface area contributed by atoms with Crippen molar-refractivity contribution in [1.29, 1.82) is 0 Å². The molecule has 1 aliphatic rings. The van der Waals surface area contributed by atoms with Crippen LogP contribution in [-0.4, -0.2) is 29.2 Å². The summed E-state index contributed by atoms with van der Waals surface area (Å²) in [5.74, 6) is 0.741. The normalized spacial score (nSPS) is 15.2. The highest BCUT2D eigenvalue weighted by atomic mass is 35.5. The van der Waals surface area contributed by atoms with E-state index in [1.54, 1.807) is 4.90 Å². The summed E-state index contributed by atoms with van der Waals surface area (Å²) >= 11 is 6.04. The minimum atomic E-state index is -0.304. The number of halogens is 1. The van der Waals surface area contributed by atoms with Crippen LogP contribution in [0, 0.1) is 0 Å². The van der Waals surface area contributed by atoms with Crippen molar-refractivity contribution in [3.63, 3.8) is 0 Å². The van der Waals surface area contributed by atoms with Gasteiger partial charge in [0, 0.05) is 16.1 Å². The Hall–Kier alpha value is -2.86. The Labute approximate surface area is 155 Å². The van der Waals surface area contributed by atoms with Gasteiger partial charge in [-0.05, 0) is 42.8 Å². The molecule has 132 valence electrons. The van der Waals surface area contributed by atoms with Crippen LogP contribution in [0.25, 0.3) is 10.9 Å². The number of nitrogens with one attached hydrogen (secondary N) is 1. The molecule has 1 aliphatic heterocycles. The Balaban J connectivity index is 1.61. The van der Waals surface area contributed by atoms with E-state index in [2.05, 4.69) is 15.3 Å². The van der Waals surface area contributed by atoms with Gasteiger partial charge in [0.1, 0.15) is 18.8 Å². The number of hydrogen-bond donors (Lipinski definition) is 1. The number of nitrogens with zero attached hydrogens (tertiary/aromatic N) is 3. The minimum absolute atomic E-state index is 0.0117. The monoisotopic (exact) mass is 368 g/mol. The molecule has 6 nitrogen and oxygen atoms in total. The zero-order chi connectivity index (χ0) is 18.1.